The molecule has 3 aromatic rings. The predicted molar refractivity (Wildman–Crippen MR) is 90.1 cm³/mol. The Morgan fingerprint density at radius 3 is 2.60 bits per heavy atom. The van der Waals surface area contributed by atoms with E-state index in [1.54, 1.807) is 10.9 Å². The van der Waals surface area contributed by atoms with Gasteiger partial charge in [0.15, 0.2) is 0 Å². The first-order chi connectivity index (χ1) is 9.63. The number of hydrogen-bond acceptors (Lipinski definition) is 1. The Hall–Kier alpha value is -1.58. The van der Waals surface area contributed by atoms with Crippen LogP contribution in [0.2, 0.25) is 5.02 Å². The molecular weight excluding hydrogens is 385 g/mol. The third-order valence-electron chi connectivity index (χ3n) is 3.23. The second-order valence-corrected chi connectivity index (χ2v) is 5.95. The van der Waals surface area contributed by atoms with Gasteiger partial charge in [-0.05, 0) is 39.4 Å². The average molecular weight is 394 g/mol. The van der Waals surface area contributed by atoms with Crippen molar-refractivity contribution in [3.63, 3.8) is 0 Å². The van der Waals surface area contributed by atoms with Crippen LogP contribution < -0.4 is 0 Å². The Bertz CT molecular complexity index is 842. The Morgan fingerprint density at radius 1 is 1.30 bits per heavy atom. The van der Waals surface area contributed by atoms with E-state index in [4.69, 9.17) is 18.2 Å². The van der Waals surface area contributed by atoms with Crippen LogP contribution in [0.1, 0.15) is 0 Å². The van der Waals surface area contributed by atoms with Crippen molar-refractivity contribution in [2.24, 2.45) is 7.05 Å². The molecule has 0 aliphatic rings. The van der Waals surface area contributed by atoms with Crippen molar-refractivity contribution in [3.05, 3.63) is 56.5 Å². The minimum atomic E-state index is 0.617. The summed E-state index contributed by atoms with van der Waals surface area (Å²) in [6.45, 7) is 7.53. The second kappa shape index (κ2) is 5.08. The summed E-state index contributed by atoms with van der Waals surface area (Å²) < 4.78 is 2.78. The number of nitrogens with zero attached hydrogens (tertiary/aromatic N) is 3. The van der Waals surface area contributed by atoms with Gasteiger partial charge in [0.05, 0.1) is 22.0 Å². The maximum atomic E-state index is 7.53. The Labute approximate surface area is 135 Å². The van der Waals surface area contributed by atoms with Gasteiger partial charge in [-0.25, -0.2) is 4.85 Å². The van der Waals surface area contributed by atoms with Crippen LogP contribution in [0.4, 0.5) is 5.69 Å². The van der Waals surface area contributed by atoms with Gasteiger partial charge >= 0.3 is 0 Å². The summed E-state index contributed by atoms with van der Waals surface area (Å²) in [5.74, 6) is 0. The Kier molecular flexibility index (Phi) is 3.40. The molecule has 0 saturated heterocycles. The van der Waals surface area contributed by atoms with Crippen molar-refractivity contribution in [2.45, 2.75) is 0 Å². The number of rotatable bonds is 1. The highest BCUT2D eigenvalue weighted by atomic mass is 127. The lowest BCUT2D eigenvalue weighted by Crippen LogP contribution is -1.95. The first kappa shape index (κ1) is 13.4. The zero-order chi connectivity index (χ0) is 14.3. The van der Waals surface area contributed by atoms with Crippen molar-refractivity contribution in [1.82, 2.24) is 9.78 Å². The molecule has 20 heavy (non-hydrogen) atoms. The molecule has 0 saturated carbocycles. The van der Waals surface area contributed by atoms with E-state index >= 15 is 0 Å². The van der Waals surface area contributed by atoms with Gasteiger partial charge in [-0.3, -0.25) is 4.68 Å². The van der Waals surface area contributed by atoms with E-state index in [1.807, 2.05) is 37.4 Å². The molecule has 0 aliphatic carbocycles. The Balaban J connectivity index is 2.47. The summed E-state index contributed by atoms with van der Waals surface area (Å²) in [4.78, 5) is 3.72. The number of aromatic nitrogens is 2. The van der Waals surface area contributed by atoms with Gasteiger partial charge < -0.3 is 0 Å². The summed E-state index contributed by atoms with van der Waals surface area (Å²) in [6.07, 6.45) is 1.78. The van der Waals surface area contributed by atoms with E-state index in [2.05, 4.69) is 32.5 Å². The standard InChI is InChI=1S/C15H9ClIN3/c1-18-14-10-6-4-3-5-9(10)12(16)7-11(14)15-13(17)8-19-20(15)2/h3-8H,2H3. The van der Waals surface area contributed by atoms with Gasteiger partial charge in [-0.15, -0.1) is 0 Å². The maximum absolute atomic E-state index is 7.53. The van der Waals surface area contributed by atoms with E-state index in [9.17, 15) is 0 Å². The van der Waals surface area contributed by atoms with Crippen molar-refractivity contribution in [1.29, 1.82) is 0 Å². The fourth-order valence-electron chi connectivity index (χ4n) is 2.33. The van der Waals surface area contributed by atoms with Gasteiger partial charge in [0.1, 0.15) is 0 Å². The van der Waals surface area contributed by atoms with Gasteiger partial charge in [-0.1, -0.05) is 35.9 Å². The lowest BCUT2D eigenvalue weighted by Gasteiger charge is -2.11. The smallest absolute Gasteiger partial charge is 0.204 e. The monoisotopic (exact) mass is 393 g/mol. The molecule has 1 heterocycles. The fourth-order valence-corrected chi connectivity index (χ4v) is 3.37. The largest absolute Gasteiger partial charge is 0.268 e. The summed E-state index contributed by atoms with van der Waals surface area (Å²) in [5, 5.41) is 6.67. The molecule has 1 aromatic heterocycles. The van der Waals surface area contributed by atoms with Crippen molar-refractivity contribution in [2.75, 3.05) is 0 Å². The third kappa shape index (κ3) is 1.98. The van der Waals surface area contributed by atoms with Crippen LogP contribution in [-0.2, 0) is 7.05 Å². The highest BCUT2D eigenvalue weighted by molar-refractivity contribution is 14.1. The van der Waals surface area contributed by atoms with E-state index in [1.165, 1.54) is 0 Å². The normalized spacial score (nSPS) is 10.7. The van der Waals surface area contributed by atoms with Crippen LogP contribution in [0.5, 0.6) is 0 Å². The number of hydrogen-bond donors (Lipinski definition) is 0. The zero-order valence-corrected chi connectivity index (χ0v) is 13.5. The van der Waals surface area contributed by atoms with Gasteiger partial charge in [-0.2, -0.15) is 5.10 Å². The third-order valence-corrected chi connectivity index (χ3v) is 4.33. The molecule has 0 spiro atoms. The molecule has 0 fully saturated rings. The topological polar surface area (TPSA) is 22.2 Å². The van der Waals surface area contributed by atoms with Gasteiger partial charge in [0.25, 0.3) is 0 Å². The molecule has 98 valence electrons. The van der Waals surface area contributed by atoms with Crippen LogP contribution in [0.25, 0.3) is 26.9 Å². The zero-order valence-electron chi connectivity index (χ0n) is 10.6. The number of aryl methyl sites for hydroxylation is 1. The van der Waals surface area contributed by atoms with Crippen LogP contribution in [0.3, 0.4) is 0 Å². The molecule has 0 unspecified atom stereocenters. The van der Waals surface area contributed by atoms with Gasteiger partial charge in [0, 0.05) is 17.6 Å². The highest BCUT2D eigenvalue weighted by Gasteiger charge is 2.17. The van der Waals surface area contributed by atoms with E-state index < -0.39 is 0 Å². The van der Waals surface area contributed by atoms with Crippen LogP contribution in [-0.4, -0.2) is 9.78 Å². The predicted octanol–water partition coefficient (Wildman–Crippen LogP) is 5.05. The SMILES string of the molecule is [C-]#[N+]c1c(-c2c(I)cnn2C)cc(Cl)c2ccccc12. The lowest BCUT2D eigenvalue weighted by atomic mass is 10.0. The number of fused-ring (bicyclic) bond motifs is 1. The van der Waals surface area contributed by atoms with Crippen LogP contribution in [0.15, 0.2) is 36.5 Å². The van der Waals surface area contributed by atoms with Crippen molar-refractivity contribution in [3.8, 4) is 11.3 Å². The molecule has 3 nitrogen and oxygen atoms in total. The summed E-state index contributed by atoms with van der Waals surface area (Å²) in [5.41, 5.74) is 2.36. The maximum Gasteiger partial charge on any atom is 0.204 e. The van der Waals surface area contributed by atoms with Crippen molar-refractivity contribution >= 4 is 50.7 Å². The number of halogens is 2. The number of benzene rings is 2. The first-order valence-electron chi connectivity index (χ1n) is 5.90. The molecule has 0 atom stereocenters. The first-order valence-corrected chi connectivity index (χ1v) is 7.35. The van der Waals surface area contributed by atoms with Crippen LogP contribution >= 0.6 is 34.2 Å². The molecule has 0 N–H and O–H groups in total. The van der Waals surface area contributed by atoms with Crippen molar-refractivity contribution < 1.29 is 0 Å². The molecular formula is C15H9ClIN3. The second-order valence-electron chi connectivity index (χ2n) is 4.38. The summed E-state index contributed by atoms with van der Waals surface area (Å²) in [7, 11) is 1.87. The van der Waals surface area contributed by atoms with Crippen LogP contribution in [0, 0.1) is 10.1 Å². The molecule has 3 rings (SSSR count). The highest BCUT2D eigenvalue weighted by Crippen LogP contribution is 2.41. The van der Waals surface area contributed by atoms with E-state index in [-0.39, 0.29) is 0 Å². The van der Waals surface area contributed by atoms with E-state index in [0.717, 1.165) is 25.6 Å². The quantitative estimate of drug-likeness (QED) is 0.419. The Morgan fingerprint density at radius 2 is 2.00 bits per heavy atom. The minimum absolute atomic E-state index is 0.617. The molecule has 5 heteroatoms. The summed E-state index contributed by atoms with van der Waals surface area (Å²) in [6, 6.07) is 9.57. The van der Waals surface area contributed by atoms with Gasteiger partial charge in [0.2, 0.25) is 5.69 Å². The lowest BCUT2D eigenvalue weighted by molar-refractivity contribution is 0.776. The average Bonchev–Trinajstić information content (AvgIpc) is 2.78. The molecule has 0 bridgehead atoms. The molecule has 0 aliphatic heterocycles. The molecule has 0 radical (unpaired) electrons. The fraction of sp³-hybridized carbons (Fsp3) is 0.0667. The molecule has 0 amide bonds. The minimum Gasteiger partial charge on any atom is -0.268 e. The van der Waals surface area contributed by atoms with E-state index in [0.29, 0.717) is 10.7 Å². The molecule has 2 aromatic carbocycles. The summed E-state index contributed by atoms with van der Waals surface area (Å²) >= 11 is 8.60.